The Hall–Kier alpha value is -1.76. The van der Waals surface area contributed by atoms with Crippen LogP contribution >= 0.6 is 11.3 Å². The first kappa shape index (κ1) is 14.6. The molecular weight excluding hydrogens is 299 g/mol. The summed E-state index contributed by atoms with van der Waals surface area (Å²) in [5.74, 6) is -11.8. The summed E-state index contributed by atoms with van der Waals surface area (Å²) < 4.78 is 65.5. The Morgan fingerprint density at radius 1 is 0.950 bits per heavy atom. The van der Waals surface area contributed by atoms with E-state index in [0.717, 1.165) is 5.56 Å². The number of hydrogen-bond donors (Lipinski definition) is 0. The molecule has 7 heteroatoms. The molecule has 1 nitrogen and oxygen atoms in total. The lowest BCUT2D eigenvalue weighted by Crippen LogP contribution is -2.13. The summed E-state index contributed by atoms with van der Waals surface area (Å²) in [6.45, 7) is 0. The quantitative estimate of drug-likeness (QED) is 0.357. The third kappa shape index (κ3) is 2.58. The zero-order chi connectivity index (χ0) is 14.9. The Kier molecular flexibility index (Phi) is 4.17. The van der Waals surface area contributed by atoms with Crippen LogP contribution < -0.4 is 0 Å². The second kappa shape index (κ2) is 5.70. The zero-order valence-electron chi connectivity index (χ0n) is 9.85. The third-order valence-corrected chi connectivity index (χ3v) is 3.44. The van der Waals surface area contributed by atoms with E-state index >= 15 is 0 Å². The number of aryl methyl sites for hydroxylation is 1. The van der Waals surface area contributed by atoms with Gasteiger partial charge in [0.15, 0.2) is 29.1 Å². The smallest absolute Gasteiger partial charge is 0.200 e. The van der Waals surface area contributed by atoms with Gasteiger partial charge >= 0.3 is 0 Å². The summed E-state index contributed by atoms with van der Waals surface area (Å²) in [5, 5.41) is 3.48. The van der Waals surface area contributed by atoms with Crippen LogP contribution in [-0.2, 0) is 6.42 Å². The predicted molar refractivity (Wildman–Crippen MR) is 63.2 cm³/mol. The second-order valence-electron chi connectivity index (χ2n) is 4.00. The highest BCUT2D eigenvalue weighted by atomic mass is 32.1. The average molecular weight is 306 g/mol. The minimum absolute atomic E-state index is 0.168. The van der Waals surface area contributed by atoms with Crippen molar-refractivity contribution in [2.75, 3.05) is 0 Å². The van der Waals surface area contributed by atoms with Gasteiger partial charge in [-0.2, -0.15) is 11.3 Å². The number of Topliss-reactive ketones (excluding diaryl/α,β-unsaturated/α-hetero) is 1. The van der Waals surface area contributed by atoms with Gasteiger partial charge in [-0.1, -0.05) is 0 Å². The van der Waals surface area contributed by atoms with E-state index in [9.17, 15) is 26.7 Å². The first-order chi connectivity index (χ1) is 9.43. The minimum Gasteiger partial charge on any atom is -0.294 e. The molecule has 0 saturated carbocycles. The van der Waals surface area contributed by atoms with Gasteiger partial charge in [0.05, 0.1) is 5.56 Å². The molecule has 106 valence electrons. The van der Waals surface area contributed by atoms with Gasteiger partial charge in [-0.05, 0) is 28.8 Å². The first-order valence-electron chi connectivity index (χ1n) is 5.49. The van der Waals surface area contributed by atoms with E-state index in [4.69, 9.17) is 0 Å². The molecule has 0 aliphatic carbocycles. The topological polar surface area (TPSA) is 17.1 Å². The maximum Gasteiger partial charge on any atom is 0.200 e. The Balaban J connectivity index is 2.30. The fraction of sp³-hybridized carbons (Fsp3) is 0.154. The molecule has 0 aliphatic rings. The fourth-order valence-corrected chi connectivity index (χ4v) is 2.37. The molecule has 0 N–H and O–H groups in total. The van der Waals surface area contributed by atoms with Crippen molar-refractivity contribution in [3.8, 4) is 0 Å². The van der Waals surface area contributed by atoms with Crippen LogP contribution in [0.1, 0.15) is 22.3 Å². The summed E-state index contributed by atoms with van der Waals surface area (Å²) in [7, 11) is 0. The summed E-state index contributed by atoms with van der Waals surface area (Å²) in [6.07, 6.45) is -0.170. The standard InChI is InChI=1S/C13H7F5OS/c14-9-8(10(15)12(17)13(18)11(9)16)7(19)2-1-6-3-4-20-5-6/h3-5H,1-2H2. The van der Waals surface area contributed by atoms with Gasteiger partial charge in [0, 0.05) is 6.42 Å². The molecule has 0 saturated heterocycles. The van der Waals surface area contributed by atoms with E-state index in [1.807, 2.05) is 0 Å². The van der Waals surface area contributed by atoms with Crippen molar-refractivity contribution >= 4 is 17.1 Å². The molecule has 0 bridgehead atoms. The number of thiophene rings is 1. The lowest BCUT2D eigenvalue weighted by Gasteiger charge is -2.07. The number of hydrogen-bond acceptors (Lipinski definition) is 2. The van der Waals surface area contributed by atoms with Crippen LogP contribution in [0.15, 0.2) is 16.8 Å². The molecular formula is C13H7F5OS. The summed E-state index contributed by atoms with van der Waals surface area (Å²) in [5.41, 5.74) is -0.621. The van der Waals surface area contributed by atoms with Crippen molar-refractivity contribution in [2.45, 2.75) is 12.8 Å². The van der Waals surface area contributed by atoms with Gasteiger partial charge < -0.3 is 0 Å². The Bertz CT molecular complexity index is 622. The van der Waals surface area contributed by atoms with Crippen LogP contribution in [0.3, 0.4) is 0 Å². The molecule has 0 fully saturated rings. The molecule has 2 aromatic rings. The molecule has 20 heavy (non-hydrogen) atoms. The number of halogens is 5. The SMILES string of the molecule is O=C(CCc1ccsc1)c1c(F)c(F)c(F)c(F)c1F. The lowest BCUT2D eigenvalue weighted by atomic mass is 10.0. The number of rotatable bonds is 4. The number of carbonyl (C=O) groups is 1. The van der Waals surface area contributed by atoms with Crippen molar-refractivity contribution in [1.82, 2.24) is 0 Å². The molecule has 1 heterocycles. The van der Waals surface area contributed by atoms with Crippen LogP contribution in [0.2, 0.25) is 0 Å². The summed E-state index contributed by atoms with van der Waals surface area (Å²) in [6, 6.07) is 1.70. The monoisotopic (exact) mass is 306 g/mol. The van der Waals surface area contributed by atoms with Crippen LogP contribution in [0, 0.1) is 29.1 Å². The van der Waals surface area contributed by atoms with Gasteiger partial charge in [-0.15, -0.1) is 0 Å². The van der Waals surface area contributed by atoms with E-state index in [1.54, 1.807) is 16.8 Å². The highest BCUT2D eigenvalue weighted by molar-refractivity contribution is 7.07. The van der Waals surface area contributed by atoms with E-state index < -0.39 is 40.4 Å². The number of carbonyl (C=O) groups excluding carboxylic acids is 1. The van der Waals surface area contributed by atoms with E-state index in [1.165, 1.54) is 11.3 Å². The van der Waals surface area contributed by atoms with E-state index in [-0.39, 0.29) is 12.8 Å². The van der Waals surface area contributed by atoms with Crippen LogP contribution in [-0.4, -0.2) is 5.78 Å². The minimum atomic E-state index is -2.27. The van der Waals surface area contributed by atoms with Crippen LogP contribution in [0.4, 0.5) is 22.0 Å². The largest absolute Gasteiger partial charge is 0.294 e. The Labute approximate surface area is 114 Å². The maximum atomic E-state index is 13.4. The van der Waals surface area contributed by atoms with Crippen molar-refractivity contribution < 1.29 is 26.7 Å². The van der Waals surface area contributed by atoms with E-state index in [0.29, 0.717) is 0 Å². The third-order valence-electron chi connectivity index (χ3n) is 2.71. The second-order valence-corrected chi connectivity index (χ2v) is 4.78. The number of ketones is 1. The first-order valence-corrected chi connectivity index (χ1v) is 6.43. The van der Waals surface area contributed by atoms with Gasteiger partial charge in [0.2, 0.25) is 5.82 Å². The fourth-order valence-electron chi connectivity index (χ4n) is 1.67. The maximum absolute atomic E-state index is 13.4. The molecule has 0 atom stereocenters. The summed E-state index contributed by atoms with van der Waals surface area (Å²) >= 11 is 1.37. The molecule has 0 unspecified atom stereocenters. The van der Waals surface area contributed by atoms with Crippen LogP contribution in [0.5, 0.6) is 0 Å². The number of benzene rings is 1. The molecule has 0 aliphatic heterocycles. The van der Waals surface area contributed by atoms with Crippen molar-refractivity contribution in [3.63, 3.8) is 0 Å². The average Bonchev–Trinajstić information content (AvgIpc) is 2.94. The Morgan fingerprint density at radius 3 is 2.00 bits per heavy atom. The Morgan fingerprint density at radius 2 is 1.50 bits per heavy atom. The van der Waals surface area contributed by atoms with Crippen LogP contribution in [0.25, 0.3) is 0 Å². The summed E-state index contributed by atoms with van der Waals surface area (Å²) in [4.78, 5) is 11.7. The van der Waals surface area contributed by atoms with Crippen molar-refractivity contribution in [3.05, 3.63) is 57.0 Å². The highest BCUT2D eigenvalue weighted by Gasteiger charge is 2.29. The zero-order valence-corrected chi connectivity index (χ0v) is 10.7. The van der Waals surface area contributed by atoms with Crippen molar-refractivity contribution in [1.29, 1.82) is 0 Å². The molecule has 0 spiro atoms. The molecule has 2 rings (SSSR count). The lowest BCUT2D eigenvalue weighted by molar-refractivity contribution is 0.0971. The van der Waals surface area contributed by atoms with E-state index in [2.05, 4.69) is 0 Å². The molecule has 1 aromatic heterocycles. The molecule has 0 amide bonds. The van der Waals surface area contributed by atoms with Crippen molar-refractivity contribution in [2.24, 2.45) is 0 Å². The van der Waals surface area contributed by atoms with Gasteiger partial charge in [-0.25, -0.2) is 22.0 Å². The van der Waals surface area contributed by atoms with Gasteiger partial charge in [0.25, 0.3) is 0 Å². The predicted octanol–water partition coefficient (Wildman–Crippen LogP) is 4.26. The molecule has 0 radical (unpaired) electrons. The highest BCUT2D eigenvalue weighted by Crippen LogP contribution is 2.24. The van der Waals surface area contributed by atoms with Gasteiger partial charge in [-0.3, -0.25) is 4.79 Å². The molecule has 1 aromatic carbocycles. The van der Waals surface area contributed by atoms with Gasteiger partial charge in [0.1, 0.15) is 0 Å². The normalized spacial score (nSPS) is 10.8.